The molecule has 0 saturated carbocycles. The van der Waals surface area contributed by atoms with Crippen LogP contribution in [0.5, 0.6) is 11.5 Å². The predicted octanol–water partition coefficient (Wildman–Crippen LogP) is 5.49. The first-order valence-corrected chi connectivity index (χ1v) is 11.8. The first-order valence-electron chi connectivity index (χ1n) is 11.8. The van der Waals surface area contributed by atoms with Crippen LogP contribution in [0.4, 0.5) is 8.78 Å². The van der Waals surface area contributed by atoms with Crippen molar-refractivity contribution in [1.29, 1.82) is 0 Å². The molecule has 2 aliphatic rings. The van der Waals surface area contributed by atoms with Crippen molar-refractivity contribution in [2.24, 2.45) is 0 Å². The van der Waals surface area contributed by atoms with Crippen molar-refractivity contribution >= 4 is 0 Å². The minimum absolute atomic E-state index is 0.121. The summed E-state index contributed by atoms with van der Waals surface area (Å²) in [6, 6.07) is 9.15. The highest BCUT2D eigenvalue weighted by molar-refractivity contribution is 5.37. The minimum atomic E-state index is -0.272. The van der Waals surface area contributed by atoms with E-state index in [9.17, 15) is 8.78 Å². The van der Waals surface area contributed by atoms with E-state index in [-0.39, 0.29) is 36.1 Å². The maximum absolute atomic E-state index is 13.7. The molecule has 0 aromatic heterocycles. The Morgan fingerprint density at radius 1 is 0.758 bits per heavy atom. The van der Waals surface area contributed by atoms with E-state index in [0.29, 0.717) is 11.5 Å². The second-order valence-corrected chi connectivity index (χ2v) is 8.75. The van der Waals surface area contributed by atoms with Crippen LogP contribution in [0, 0.1) is 11.6 Å². The van der Waals surface area contributed by atoms with Gasteiger partial charge in [-0.25, -0.2) is 8.78 Å². The van der Waals surface area contributed by atoms with Crippen LogP contribution in [0.15, 0.2) is 36.4 Å². The molecular formula is C26H33F2NO4. The van der Waals surface area contributed by atoms with Gasteiger partial charge in [0.1, 0.15) is 23.1 Å². The lowest BCUT2D eigenvalue weighted by Gasteiger charge is -2.18. The molecule has 0 spiro atoms. The van der Waals surface area contributed by atoms with Gasteiger partial charge < -0.3 is 24.3 Å². The van der Waals surface area contributed by atoms with E-state index < -0.39 is 0 Å². The molecule has 4 rings (SSSR count). The number of rotatable bonds is 10. The van der Waals surface area contributed by atoms with E-state index in [4.69, 9.17) is 18.9 Å². The quantitative estimate of drug-likeness (QED) is 0.474. The molecule has 2 fully saturated rings. The minimum Gasteiger partial charge on any atom is -0.496 e. The maximum Gasteiger partial charge on any atom is 0.124 e. The first-order chi connectivity index (χ1) is 16.1. The lowest BCUT2D eigenvalue weighted by Crippen LogP contribution is -2.24. The lowest BCUT2D eigenvalue weighted by molar-refractivity contribution is 0.0352. The molecule has 4 atom stereocenters. The summed E-state index contributed by atoms with van der Waals surface area (Å²) in [5, 5.41) is 3.48. The summed E-state index contributed by atoms with van der Waals surface area (Å²) in [4.78, 5) is 0. The van der Waals surface area contributed by atoms with Gasteiger partial charge in [0.2, 0.25) is 0 Å². The summed E-state index contributed by atoms with van der Waals surface area (Å²) in [5.74, 6) is 0.801. The third kappa shape index (κ3) is 6.02. The summed E-state index contributed by atoms with van der Waals surface area (Å²) < 4.78 is 50.4. The fourth-order valence-corrected chi connectivity index (χ4v) is 4.86. The van der Waals surface area contributed by atoms with Gasteiger partial charge in [-0.15, -0.1) is 0 Å². The molecule has 0 unspecified atom stereocenters. The van der Waals surface area contributed by atoms with Crippen LogP contribution in [0.3, 0.4) is 0 Å². The molecule has 33 heavy (non-hydrogen) atoms. The predicted molar refractivity (Wildman–Crippen MR) is 122 cm³/mol. The molecule has 7 heteroatoms. The van der Waals surface area contributed by atoms with Gasteiger partial charge in [0.25, 0.3) is 0 Å². The molecule has 0 aliphatic carbocycles. The number of hydrogen-bond acceptors (Lipinski definition) is 5. The summed E-state index contributed by atoms with van der Waals surface area (Å²) in [6.45, 7) is 1.71. The second-order valence-electron chi connectivity index (χ2n) is 8.75. The molecular weight excluding hydrogens is 428 g/mol. The number of halogens is 2. The number of nitrogens with one attached hydrogen (secondary N) is 1. The number of ether oxygens (including phenoxy) is 4. The van der Waals surface area contributed by atoms with Crippen molar-refractivity contribution in [3.63, 3.8) is 0 Å². The van der Waals surface area contributed by atoms with E-state index in [2.05, 4.69) is 5.32 Å². The van der Waals surface area contributed by atoms with Crippen LogP contribution in [-0.2, 0) is 9.47 Å². The SMILES string of the molecule is COc1ccc(F)cc1[C@@H]1CC[C@@H](CCNCC[C@H]2CC[C@H](c3cc(F)ccc3OC)O2)O1. The van der Waals surface area contributed by atoms with Crippen molar-refractivity contribution in [3.05, 3.63) is 59.2 Å². The molecule has 0 bridgehead atoms. The van der Waals surface area contributed by atoms with E-state index in [0.717, 1.165) is 62.7 Å². The number of methoxy groups -OCH3 is 2. The number of hydrogen-bond donors (Lipinski definition) is 1. The topological polar surface area (TPSA) is 49.0 Å². The maximum atomic E-state index is 13.7. The van der Waals surface area contributed by atoms with Crippen LogP contribution in [0.1, 0.15) is 61.9 Å². The van der Waals surface area contributed by atoms with E-state index in [1.807, 2.05) is 0 Å². The summed E-state index contributed by atoms with van der Waals surface area (Å²) in [7, 11) is 3.19. The molecule has 2 aromatic rings. The van der Waals surface area contributed by atoms with Crippen LogP contribution in [0.2, 0.25) is 0 Å². The van der Waals surface area contributed by atoms with Crippen LogP contribution in [-0.4, -0.2) is 39.5 Å². The normalized spacial score (nSPS) is 24.8. The fraction of sp³-hybridized carbons (Fsp3) is 0.538. The van der Waals surface area contributed by atoms with Gasteiger partial charge >= 0.3 is 0 Å². The van der Waals surface area contributed by atoms with Crippen LogP contribution >= 0.6 is 0 Å². The Balaban J connectivity index is 1.16. The Kier molecular flexibility index (Phi) is 8.17. The van der Waals surface area contributed by atoms with Gasteiger partial charge in [-0.3, -0.25) is 0 Å². The first kappa shape index (κ1) is 23.9. The zero-order valence-corrected chi connectivity index (χ0v) is 19.3. The van der Waals surface area contributed by atoms with Crippen molar-refractivity contribution in [2.75, 3.05) is 27.3 Å². The summed E-state index contributed by atoms with van der Waals surface area (Å²) >= 11 is 0. The smallest absolute Gasteiger partial charge is 0.124 e. The van der Waals surface area contributed by atoms with Gasteiger partial charge in [-0.05, 0) is 88.0 Å². The van der Waals surface area contributed by atoms with Crippen LogP contribution < -0.4 is 14.8 Å². The Labute approximate surface area is 194 Å². The van der Waals surface area contributed by atoms with Gasteiger partial charge in [0.05, 0.1) is 38.6 Å². The third-order valence-corrected chi connectivity index (χ3v) is 6.58. The van der Waals surface area contributed by atoms with Crippen molar-refractivity contribution in [3.8, 4) is 11.5 Å². The highest BCUT2D eigenvalue weighted by Gasteiger charge is 2.30. The highest BCUT2D eigenvalue weighted by Crippen LogP contribution is 2.39. The molecule has 0 radical (unpaired) electrons. The monoisotopic (exact) mass is 461 g/mol. The number of benzene rings is 2. The Morgan fingerprint density at radius 2 is 1.21 bits per heavy atom. The summed E-state index contributed by atoms with van der Waals surface area (Å²) in [5.41, 5.74) is 1.58. The summed E-state index contributed by atoms with van der Waals surface area (Å²) in [6.07, 6.45) is 5.52. The largest absolute Gasteiger partial charge is 0.496 e. The zero-order valence-electron chi connectivity index (χ0n) is 19.3. The standard InChI is InChI=1S/C26H33F2NO4/c1-30-23-7-3-17(27)15-21(23)25-9-5-19(32-25)11-13-29-14-12-20-6-10-26(33-20)22-16-18(28)4-8-24(22)31-2/h3-4,7-8,15-16,19-20,25-26,29H,5-6,9-14H2,1-2H3/t19-,20+,25-,26+. The van der Waals surface area contributed by atoms with Gasteiger partial charge in [0.15, 0.2) is 0 Å². The van der Waals surface area contributed by atoms with E-state index in [1.54, 1.807) is 26.4 Å². The molecule has 180 valence electrons. The van der Waals surface area contributed by atoms with E-state index >= 15 is 0 Å². The lowest BCUT2D eigenvalue weighted by atomic mass is 10.0. The van der Waals surface area contributed by atoms with Gasteiger partial charge in [-0.2, -0.15) is 0 Å². The molecule has 2 aliphatic heterocycles. The molecule has 2 aromatic carbocycles. The van der Waals surface area contributed by atoms with Crippen LogP contribution in [0.25, 0.3) is 0 Å². The molecule has 0 amide bonds. The average molecular weight is 462 g/mol. The Hall–Kier alpha value is -2.22. The van der Waals surface area contributed by atoms with Gasteiger partial charge in [0, 0.05) is 11.1 Å². The van der Waals surface area contributed by atoms with Gasteiger partial charge in [-0.1, -0.05) is 0 Å². The molecule has 2 heterocycles. The molecule has 5 nitrogen and oxygen atoms in total. The average Bonchev–Trinajstić information content (AvgIpc) is 3.49. The molecule has 2 saturated heterocycles. The molecule has 1 N–H and O–H groups in total. The fourth-order valence-electron chi connectivity index (χ4n) is 4.86. The van der Waals surface area contributed by atoms with Crippen molar-refractivity contribution in [1.82, 2.24) is 5.32 Å². The third-order valence-electron chi connectivity index (χ3n) is 6.58. The Morgan fingerprint density at radius 3 is 1.64 bits per heavy atom. The van der Waals surface area contributed by atoms with Crippen molar-refractivity contribution < 1.29 is 27.7 Å². The van der Waals surface area contributed by atoms with E-state index in [1.165, 1.54) is 24.3 Å². The Bertz CT molecular complexity index is 852. The highest BCUT2D eigenvalue weighted by atomic mass is 19.1. The van der Waals surface area contributed by atoms with Crippen molar-refractivity contribution in [2.45, 2.75) is 62.9 Å². The zero-order chi connectivity index (χ0) is 23.2. The second kappa shape index (κ2) is 11.3.